The molecule has 0 aliphatic carbocycles. The van der Waals surface area contributed by atoms with E-state index in [1.54, 1.807) is 46.4 Å². The van der Waals surface area contributed by atoms with Crippen molar-refractivity contribution in [1.29, 1.82) is 0 Å². The van der Waals surface area contributed by atoms with Gasteiger partial charge in [0.25, 0.3) is 0 Å². The van der Waals surface area contributed by atoms with Crippen LogP contribution in [0.3, 0.4) is 0 Å². The second kappa shape index (κ2) is 22.3. The fraction of sp³-hybridized carbons (Fsp3) is 0.833. The summed E-state index contributed by atoms with van der Waals surface area (Å²) in [6.45, 7) is 13.2. The summed E-state index contributed by atoms with van der Waals surface area (Å²) < 4.78 is 10.7. The average Bonchev–Trinajstić information content (AvgIpc) is 2.86. The minimum Gasteiger partial charge on any atom is -0.444 e. The molecule has 4 amide bonds. The maximum absolute atomic E-state index is 12.7. The van der Waals surface area contributed by atoms with Crippen LogP contribution in [0.25, 0.3) is 0 Å². The van der Waals surface area contributed by atoms with Crippen LogP contribution in [0, 0.1) is 0 Å². The number of nitrogens with zero attached hydrogens (tertiary/aromatic N) is 2. The Balaban J connectivity index is 4.19. The topological polar surface area (TPSA) is 211 Å². The lowest BCUT2D eigenvalue weighted by Gasteiger charge is -2.27. The number of hydrogen-bond acceptors (Lipinski definition) is 8. The highest BCUT2D eigenvalue weighted by Gasteiger charge is 2.22. The third-order valence-corrected chi connectivity index (χ3v) is 5.94. The van der Waals surface area contributed by atoms with Crippen LogP contribution >= 0.6 is 0 Å². The van der Waals surface area contributed by atoms with Gasteiger partial charge in [-0.25, -0.2) is 9.59 Å². The number of aliphatic imine (C=N–C) groups is 1. The molecule has 44 heavy (non-hydrogen) atoms. The van der Waals surface area contributed by atoms with Gasteiger partial charge in [0, 0.05) is 45.7 Å². The molecule has 0 saturated carbocycles. The van der Waals surface area contributed by atoms with Crippen molar-refractivity contribution in [2.75, 3.05) is 39.3 Å². The third kappa shape index (κ3) is 26.3. The largest absolute Gasteiger partial charge is 0.444 e. The van der Waals surface area contributed by atoms with E-state index in [4.69, 9.17) is 20.9 Å². The highest BCUT2D eigenvalue weighted by Crippen LogP contribution is 2.12. The molecule has 0 bridgehead atoms. The standard InChI is InChI=1S/C30H59N7O7/c1-29(2,3)43-27(41)36-18-13-21-37(28(42)44-30(4,5)6)20-12-11-16-33-24(39)15-19-34-25(40)22-23(38)14-9-7-8-10-17-35-26(31)32/h23,38H,7-22H2,1-6H3,(H,33,39)(H,34,40)(H,36,41)(H4,31,32,35). The number of amides is 4. The van der Waals surface area contributed by atoms with E-state index in [0.29, 0.717) is 58.4 Å². The monoisotopic (exact) mass is 629 g/mol. The molecule has 0 aliphatic rings. The van der Waals surface area contributed by atoms with Crippen LogP contribution in [0.15, 0.2) is 4.99 Å². The van der Waals surface area contributed by atoms with Crippen LogP contribution < -0.4 is 27.4 Å². The second-order valence-corrected chi connectivity index (χ2v) is 12.8. The summed E-state index contributed by atoms with van der Waals surface area (Å²) in [4.78, 5) is 54.2. The number of ether oxygens (including phenoxy) is 2. The molecule has 8 N–H and O–H groups in total. The van der Waals surface area contributed by atoms with Gasteiger partial charge in [-0.05, 0) is 73.6 Å². The average molecular weight is 630 g/mol. The van der Waals surface area contributed by atoms with Crippen molar-refractivity contribution >= 4 is 30.0 Å². The number of carbonyl (C=O) groups excluding carboxylic acids is 4. The summed E-state index contributed by atoms with van der Waals surface area (Å²) in [5.74, 6) is -0.395. The van der Waals surface area contributed by atoms with E-state index in [1.807, 2.05) is 0 Å². The molecule has 14 heteroatoms. The Morgan fingerprint density at radius 2 is 1.34 bits per heavy atom. The Morgan fingerprint density at radius 3 is 1.98 bits per heavy atom. The molecule has 0 rings (SSSR count). The molecular weight excluding hydrogens is 570 g/mol. The fourth-order valence-corrected chi connectivity index (χ4v) is 3.90. The molecular formula is C30H59N7O7. The quantitative estimate of drug-likeness (QED) is 0.0625. The SMILES string of the molecule is CC(C)(C)OC(=O)NCCCN(CCCCNC(=O)CCNC(=O)CC(O)CCCCCCN=C(N)N)C(=O)OC(C)(C)C. The van der Waals surface area contributed by atoms with Crippen LogP contribution in [0.5, 0.6) is 0 Å². The van der Waals surface area contributed by atoms with Crippen molar-refractivity contribution in [3.8, 4) is 0 Å². The lowest BCUT2D eigenvalue weighted by atomic mass is 10.1. The van der Waals surface area contributed by atoms with Crippen molar-refractivity contribution in [3.63, 3.8) is 0 Å². The summed E-state index contributed by atoms with van der Waals surface area (Å²) in [5, 5.41) is 18.2. The zero-order valence-corrected chi connectivity index (χ0v) is 27.8. The van der Waals surface area contributed by atoms with Gasteiger partial charge >= 0.3 is 12.2 Å². The molecule has 1 unspecified atom stereocenters. The van der Waals surface area contributed by atoms with Gasteiger partial charge in [-0.2, -0.15) is 0 Å². The third-order valence-electron chi connectivity index (χ3n) is 5.94. The fourth-order valence-electron chi connectivity index (χ4n) is 3.90. The zero-order valence-electron chi connectivity index (χ0n) is 27.8. The van der Waals surface area contributed by atoms with Crippen molar-refractivity contribution in [2.45, 2.75) is 123 Å². The first-order valence-electron chi connectivity index (χ1n) is 15.7. The molecule has 0 spiro atoms. The predicted molar refractivity (Wildman–Crippen MR) is 171 cm³/mol. The van der Waals surface area contributed by atoms with Crippen LogP contribution in [0.2, 0.25) is 0 Å². The van der Waals surface area contributed by atoms with Gasteiger partial charge in [0.1, 0.15) is 11.2 Å². The number of hydrogen-bond donors (Lipinski definition) is 6. The first-order chi connectivity index (χ1) is 20.5. The summed E-state index contributed by atoms with van der Waals surface area (Å²) in [7, 11) is 0. The van der Waals surface area contributed by atoms with Gasteiger partial charge in [-0.1, -0.05) is 19.3 Å². The van der Waals surface area contributed by atoms with E-state index in [0.717, 1.165) is 25.7 Å². The molecule has 0 aromatic carbocycles. The molecule has 256 valence electrons. The number of guanidine groups is 1. The van der Waals surface area contributed by atoms with Gasteiger partial charge in [0.15, 0.2) is 5.96 Å². The van der Waals surface area contributed by atoms with Crippen LogP contribution in [0.1, 0.15) is 106 Å². The van der Waals surface area contributed by atoms with Gasteiger partial charge in [0.2, 0.25) is 11.8 Å². The maximum atomic E-state index is 12.7. The smallest absolute Gasteiger partial charge is 0.410 e. The number of nitrogens with one attached hydrogen (secondary N) is 3. The molecule has 0 heterocycles. The molecule has 1 atom stereocenters. The lowest BCUT2D eigenvalue weighted by Crippen LogP contribution is -2.40. The highest BCUT2D eigenvalue weighted by atomic mass is 16.6. The van der Waals surface area contributed by atoms with E-state index in [2.05, 4.69) is 20.9 Å². The molecule has 14 nitrogen and oxygen atoms in total. The molecule has 0 radical (unpaired) electrons. The van der Waals surface area contributed by atoms with Crippen molar-refractivity contribution in [3.05, 3.63) is 0 Å². The Hall–Kier alpha value is -3.29. The number of unbranched alkanes of at least 4 members (excludes halogenated alkanes) is 4. The van der Waals surface area contributed by atoms with E-state index in [9.17, 15) is 24.3 Å². The Bertz CT molecular complexity index is 882. The highest BCUT2D eigenvalue weighted by molar-refractivity contribution is 5.79. The van der Waals surface area contributed by atoms with Crippen molar-refractivity contribution in [1.82, 2.24) is 20.9 Å². The first-order valence-corrected chi connectivity index (χ1v) is 15.7. The predicted octanol–water partition coefficient (Wildman–Crippen LogP) is 2.52. The van der Waals surface area contributed by atoms with Gasteiger partial charge in [0.05, 0.1) is 12.5 Å². The normalized spacial score (nSPS) is 12.1. The summed E-state index contributed by atoms with van der Waals surface area (Å²) in [6.07, 6.45) is 4.37. The Labute approximate surface area is 263 Å². The maximum Gasteiger partial charge on any atom is 0.410 e. The second-order valence-electron chi connectivity index (χ2n) is 12.8. The van der Waals surface area contributed by atoms with Crippen LogP contribution in [-0.4, -0.2) is 96.5 Å². The summed E-state index contributed by atoms with van der Waals surface area (Å²) >= 11 is 0. The molecule has 0 aromatic rings. The van der Waals surface area contributed by atoms with Gasteiger partial charge < -0.3 is 46.9 Å². The Kier molecular flexibility index (Phi) is 20.6. The number of alkyl carbamates (subject to hydrolysis) is 1. The van der Waals surface area contributed by atoms with Crippen LogP contribution in [-0.2, 0) is 19.1 Å². The first kappa shape index (κ1) is 40.7. The van der Waals surface area contributed by atoms with E-state index < -0.39 is 29.5 Å². The molecule has 0 fully saturated rings. The Morgan fingerprint density at radius 1 is 0.750 bits per heavy atom. The minimum absolute atomic E-state index is 0.000827. The molecule has 0 saturated heterocycles. The number of aliphatic hydroxyl groups is 1. The van der Waals surface area contributed by atoms with Crippen molar-refractivity contribution < 1.29 is 33.8 Å². The van der Waals surface area contributed by atoms with Gasteiger partial charge in [-0.3, -0.25) is 14.6 Å². The molecule has 0 aromatic heterocycles. The van der Waals surface area contributed by atoms with E-state index in [-0.39, 0.29) is 37.2 Å². The van der Waals surface area contributed by atoms with Crippen molar-refractivity contribution in [2.24, 2.45) is 16.5 Å². The van der Waals surface area contributed by atoms with Crippen LogP contribution in [0.4, 0.5) is 9.59 Å². The summed E-state index contributed by atoms with van der Waals surface area (Å²) in [6, 6.07) is 0. The zero-order chi connectivity index (χ0) is 33.6. The summed E-state index contributed by atoms with van der Waals surface area (Å²) in [5.41, 5.74) is 9.33. The number of rotatable bonds is 21. The number of aliphatic hydroxyl groups excluding tert-OH is 1. The van der Waals surface area contributed by atoms with E-state index >= 15 is 0 Å². The number of carbonyl (C=O) groups is 4. The molecule has 0 aliphatic heterocycles. The number of nitrogens with two attached hydrogens (primary N) is 2. The van der Waals surface area contributed by atoms with E-state index in [1.165, 1.54) is 0 Å². The van der Waals surface area contributed by atoms with Gasteiger partial charge in [-0.15, -0.1) is 0 Å². The lowest BCUT2D eigenvalue weighted by molar-refractivity contribution is -0.123. The minimum atomic E-state index is -0.719.